The maximum Gasteiger partial charge on any atom is 0.241 e. The number of carbonyl (C=O) groups excluding carboxylic acids is 1. The van der Waals surface area contributed by atoms with Crippen molar-refractivity contribution in [3.05, 3.63) is 18.3 Å². The first kappa shape index (κ1) is 8.80. The fraction of sp³-hybridized carbons (Fsp3) is 0.333. The maximum atomic E-state index is 11.2. The highest BCUT2D eigenvalue weighted by Gasteiger charge is 2.29. The second kappa shape index (κ2) is 3.53. The zero-order valence-corrected chi connectivity index (χ0v) is 7.66. The molecule has 2 rings (SSSR count). The highest BCUT2D eigenvalue weighted by molar-refractivity contribution is 5.81. The van der Waals surface area contributed by atoms with Gasteiger partial charge in [-0.25, -0.2) is 4.98 Å². The smallest absolute Gasteiger partial charge is 0.241 e. The number of nitrogens with one attached hydrogen (secondary N) is 2. The van der Waals surface area contributed by atoms with E-state index in [1.807, 2.05) is 0 Å². The highest BCUT2D eigenvalue weighted by atomic mass is 16.2. The molecule has 1 aromatic heterocycles. The number of aromatic nitrogens is 1. The fourth-order valence-electron chi connectivity index (χ4n) is 1.05. The maximum absolute atomic E-state index is 11.2. The van der Waals surface area contributed by atoms with Gasteiger partial charge in [-0.05, 0) is 25.0 Å². The fourth-order valence-corrected chi connectivity index (χ4v) is 1.05. The molecule has 1 aliphatic rings. The standard InChI is InChI=1S/C9H12N4O/c10-7-3-4-8(11-5-7)12-13-9(14)6-1-2-6/h3-6H,1-2,10H2,(H,11,12)(H,13,14). The number of nitrogens with two attached hydrogens (primary N) is 1. The lowest BCUT2D eigenvalue weighted by atomic mass is 10.4. The summed E-state index contributed by atoms with van der Waals surface area (Å²) in [5.74, 6) is 0.813. The quantitative estimate of drug-likeness (QED) is 0.610. The van der Waals surface area contributed by atoms with Gasteiger partial charge in [0.05, 0.1) is 11.9 Å². The second-order valence-electron chi connectivity index (χ2n) is 3.37. The Morgan fingerprint density at radius 2 is 2.29 bits per heavy atom. The van der Waals surface area contributed by atoms with E-state index >= 15 is 0 Å². The first-order valence-corrected chi connectivity index (χ1v) is 4.53. The van der Waals surface area contributed by atoms with Gasteiger partial charge < -0.3 is 5.73 Å². The van der Waals surface area contributed by atoms with Gasteiger partial charge in [0.1, 0.15) is 5.82 Å². The van der Waals surface area contributed by atoms with E-state index in [1.54, 1.807) is 12.1 Å². The molecule has 1 aliphatic carbocycles. The minimum Gasteiger partial charge on any atom is -0.397 e. The third kappa shape index (κ3) is 2.12. The van der Waals surface area contributed by atoms with Gasteiger partial charge in [0.15, 0.2) is 0 Å². The lowest BCUT2D eigenvalue weighted by molar-refractivity contribution is -0.121. The van der Waals surface area contributed by atoms with Crippen LogP contribution in [0.5, 0.6) is 0 Å². The van der Waals surface area contributed by atoms with Crippen LogP contribution in [0.4, 0.5) is 11.5 Å². The summed E-state index contributed by atoms with van der Waals surface area (Å²) >= 11 is 0. The molecule has 0 radical (unpaired) electrons. The van der Waals surface area contributed by atoms with Crippen LogP contribution in [0.1, 0.15) is 12.8 Å². The molecule has 1 amide bonds. The summed E-state index contributed by atoms with van der Waals surface area (Å²) in [7, 11) is 0. The molecule has 0 spiro atoms. The van der Waals surface area contributed by atoms with Crippen molar-refractivity contribution in [1.82, 2.24) is 10.4 Å². The Kier molecular flexibility index (Phi) is 2.22. The highest BCUT2D eigenvalue weighted by Crippen LogP contribution is 2.28. The van der Waals surface area contributed by atoms with E-state index in [1.165, 1.54) is 6.20 Å². The van der Waals surface area contributed by atoms with Gasteiger partial charge in [0, 0.05) is 5.92 Å². The van der Waals surface area contributed by atoms with Gasteiger partial charge >= 0.3 is 0 Å². The molecule has 14 heavy (non-hydrogen) atoms. The largest absolute Gasteiger partial charge is 0.397 e. The van der Waals surface area contributed by atoms with Crippen LogP contribution in [0.3, 0.4) is 0 Å². The molecule has 0 aromatic carbocycles. The van der Waals surface area contributed by atoms with E-state index in [-0.39, 0.29) is 11.8 Å². The zero-order chi connectivity index (χ0) is 9.97. The molecule has 1 fully saturated rings. The number of anilines is 2. The van der Waals surface area contributed by atoms with E-state index in [4.69, 9.17) is 5.73 Å². The Hall–Kier alpha value is -1.78. The molecule has 1 heterocycles. The monoisotopic (exact) mass is 192 g/mol. The van der Waals surface area contributed by atoms with E-state index in [9.17, 15) is 4.79 Å². The normalized spacial score (nSPS) is 14.9. The van der Waals surface area contributed by atoms with E-state index in [2.05, 4.69) is 15.8 Å². The first-order valence-electron chi connectivity index (χ1n) is 4.53. The molecular formula is C9H12N4O. The molecule has 5 heteroatoms. The van der Waals surface area contributed by atoms with Crippen LogP contribution in [-0.4, -0.2) is 10.9 Å². The average Bonchev–Trinajstić information content (AvgIpc) is 3.00. The summed E-state index contributed by atoms with van der Waals surface area (Å²) in [6.07, 6.45) is 3.51. The van der Waals surface area contributed by atoms with Crippen molar-refractivity contribution >= 4 is 17.4 Å². The molecule has 0 unspecified atom stereocenters. The molecule has 1 aromatic rings. The van der Waals surface area contributed by atoms with E-state index < -0.39 is 0 Å². The number of nitrogens with zero attached hydrogens (tertiary/aromatic N) is 1. The topological polar surface area (TPSA) is 80.0 Å². The van der Waals surface area contributed by atoms with Gasteiger partial charge in [-0.2, -0.15) is 0 Å². The number of hydrogen-bond acceptors (Lipinski definition) is 4. The Bertz CT molecular complexity index is 331. The van der Waals surface area contributed by atoms with Crippen molar-refractivity contribution in [1.29, 1.82) is 0 Å². The number of carbonyl (C=O) groups is 1. The van der Waals surface area contributed by atoms with Crippen LogP contribution < -0.4 is 16.6 Å². The average molecular weight is 192 g/mol. The van der Waals surface area contributed by atoms with Crippen LogP contribution in [-0.2, 0) is 4.79 Å². The third-order valence-corrected chi connectivity index (χ3v) is 2.05. The lowest BCUT2D eigenvalue weighted by Crippen LogP contribution is -2.30. The summed E-state index contributed by atoms with van der Waals surface area (Å²) in [5.41, 5.74) is 11.4. The molecule has 0 bridgehead atoms. The van der Waals surface area contributed by atoms with Crippen LogP contribution in [0.15, 0.2) is 18.3 Å². The number of hydrazine groups is 1. The van der Waals surface area contributed by atoms with Crippen molar-refractivity contribution in [2.45, 2.75) is 12.8 Å². The molecule has 74 valence electrons. The molecule has 0 saturated heterocycles. The van der Waals surface area contributed by atoms with Crippen LogP contribution in [0.25, 0.3) is 0 Å². The van der Waals surface area contributed by atoms with Gasteiger partial charge in [0.2, 0.25) is 5.91 Å². The Labute approximate surface area is 81.7 Å². The number of hydrogen-bond donors (Lipinski definition) is 3. The SMILES string of the molecule is Nc1ccc(NNC(=O)C2CC2)nc1. The third-order valence-electron chi connectivity index (χ3n) is 2.05. The Balaban J connectivity index is 1.85. The number of amides is 1. The minimum atomic E-state index is 0.0311. The van der Waals surface area contributed by atoms with Crippen molar-refractivity contribution < 1.29 is 4.79 Å². The van der Waals surface area contributed by atoms with Crippen LogP contribution in [0, 0.1) is 5.92 Å². The van der Waals surface area contributed by atoms with Crippen molar-refractivity contribution in [2.75, 3.05) is 11.2 Å². The van der Waals surface area contributed by atoms with Crippen LogP contribution in [0.2, 0.25) is 0 Å². The summed E-state index contributed by atoms with van der Waals surface area (Å²) in [4.78, 5) is 15.2. The van der Waals surface area contributed by atoms with Crippen molar-refractivity contribution in [2.24, 2.45) is 5.92 Å². The Morgan fingerprint density at radius 3 is 2.86 bits per heavy atom. The molecule has 0 aliphatic heterocycles. The molecule has 4 N–H and O–H groups in total. The van der Waals surface area contributed by atoms with Gasteiger partial charge in [-0.15, -0.1) is 0 Å². The predicted octanol–water partition coefficient (Wildman–Crippen LogP) is 0.517. The summed E-state index contributed by atoms with van der Waals surface area (Å²) < 4.78 is 0. The lowest BCUT2D eigenvalue weighted by Gasteiger charge is -2.06. The van der Waals surface area contributed by atoms with E-state index in [0.29, 0.717) is 11.5 Å². The number of nitrogen functional groups attached to an aromatic ring is 1. The number of rotatable bonds is 3. The molecular weight excluding hydrogens is 180 g/mol. The summed E-state index contributed by atoms with van der Waals surface area (Å²) in [5, 5.41) is 0. The van der Waals surface area contributed by atoms with Crippen molar-refractivity contribution in [3.8, 4) is 0 Å². The zero-order valence-electron chi connectivity index (χ0n) is 7.66. The summed E-state index contributed by atoms with van der Waals surface area (Å²) in [6, 6.07) is 3.43. The van der Waals surface area contributed by atoms with Crippen molar-refractivity contribution in [3.63, 3.8) is 0 Å². The minimum absolute atomic E-state index is 0.0311. The van der Waals surface area contributed by atoms with Gasteiger partial charge in [0.25, 0.3) is 0 Å². The molecule has 5 nitrogen and oxygen atoms in total. The molecule has 0 atom stereocenters. The summed E-state index contributed by atoms with van der Waals surface area (Å²) in [6.45, 7) is 0. The first-order chi connectivity index (χ1) is 6.75. The van der Waals surface area contributed by atoms with Gasteiger partial charge in [-0.1, -0.05) is 0 Å². The van der Waals surface area contributed by atoms with E-state index in [0.717, 1.165) is 12.8 Å². The van der Waals surface area contributed by atoms with Gasteiger partial charge in [-0.3, -0.25) is 15.6 Å². The van der Waals surface area contributed by atoms with Crippen LogP contribution >= 0.6 is 0 Å². The predicted molar refractivity (Wildman–Crippen MR) is 53.1 cm³/mol. The molecule has 1 saturated carbocycles. The second-order valence-corrected chi connectivity index (χ2v) is 3.37. The number of pyridine rings is 1. The Morgan fingerprint density at radius 1 is 1.50 bits per heavy atom.